The summed E-state index contributed by atoms with van der Waals surface area (Å²) in [4.78, 5) is 0. The number of nitrogens with one attached hydrogen (secondary N) is 1. The lowest BCUT2D eigenvalue weighted by Gasteiger charge is -2.14. The van der Waals surface area contributed by atoms with E-state index in [2.05, 4.69) is 48.6 Å². The van der Waals surface area contributed by atoms with Crippen LogP contribution < -0.4 is 10.1 Å². The summed E-state index contributed by atoms with van der Waals surface area (Å²) < 4.78 is 5.35. The lowest BCUT2D eigenvalue weighted by Crippen LogP contribution is -2.19. The Hall–Kier alpha value is -1.80. The van der Waals surface area contributed by atoms with Gasteiger partial charge in [0, 0.05) is 18.7 Å². The molecule has 2 aromatic rings. The van der Waals surface area contributed by atoms with E-state index in [9.17, 15) is 0 Å². The summed E-state index contributed by atoms with van der Waals surface area (Å²) in [5.74, 6) is 1.46. The fourth-order valence-electron chi connectivity index (χ4n) is 2.17. The maximum absolute atomic E-state index is 5.35. The van der Waals surface area contributed by atoms with Crippen molar-refractivity contribution in [2.24, 2.45) is 0 Å². The van der Waals surface area contributed by atoms with E-state index in [1.807, 2.05) is 18.2 Å². The molecule has 2 rings (SSSR count). The van der Waals surface area contributed by atoms with Crippen molar-refractivity contribution in [1.29, 1.82) is 0 Å². The molecule has 0 amide bonds. The summed E-state index contributed by atoms with van der Waals surface area (Å²) in [7, 11) is 1.71. The molecular formula is C17H21NO. The highest BCUT2D eigenvalue weighted by Crippen LogP contribution is 2.18. The molecule has 0 unspecified atom stereocenters. The number of hydrogen-bond acceptors (Lipinski definition) is 2. The van der Waals surface area contributed by atoms with Crippen molar-refractivity contribution in [3.63, 3.8) is 0 Å². The molecule has 2 nitrogen and oxygen atoms in total. The average molecular weight is 255 g/mol. The predicted octanol–water partition coefficient (Wildman–Crippen LogP) is 3.59. The molecule has 0 radical (unpaired) electrons. The zero-order valence-corrected chi connectivity index (χ0v) is 11.6. The second kappa shape index (κ2) is 6.95. The van der Waals surface area contributed by atoms with Gasteiger partial charge in [0.15, 0.2) is 0 Å². The van der Waals surface area contributed by atoms with Gasteiger partial charge in [-0.1, -0.05) is 55.5 Å². The van der Waals surface area contributed by atoms with Crippen LogP contribution in [0.25, 0.3) is 0 Å². The highest BCUT2D eigenvalue weighted by atomic mass is 16.5. The third-order valence-electron chi connectivity index (χ3n) is 3.33. The smallest absolute Gasteiger partial charge is 0.123 e. The Labute approximate surface area is 115 Å². The monoisotopic (exact) mass is 255 g/mol. The molecule has 0 spiro atoms. The van der Waals surface area contributed by atoms with Crippen molar-refractivity contribution in [2.45, 2.75) is 19.4 Å². The molecule has 0 heterocycles. The quantitative estimate of drug-likeness (QED) is 0.851. The fourth-order valence-corrected chi connectivity index (χ4v) is 2.17. The van der Waals surface area contributed by atoms with E-state index in [1.54, 1.807) is 7.11 Å². The van der Waals surface area contributed by atoms with Gasteiger partial charge in [-0.15, -0.1) is 0 Å². The minimum atomic E-state index is 0.510. The number of hydrogen-bond donors (Lipinski definition) is 1. The van der Waals surface area contributed by atoms with Crippen molar-refractivity contribution in [1.82, 2.24) is 5.32 Å². The third-order valence-corrected chi connectivity index (χ3v) is 3.33. The second-order valence-electron chi connectivity index (χ2n) is 4.75. The average Bonchev–Trinajstić information content (AvgIpc) is 2.48. The molecule has 0 bridgehead atoms. The van der Waals surface area contributed by atoms with Crippen LogP contribution in [0, 0.1) is 0 Å². The number of rotatable bonds is 6. The molecule has 19 heavy (non-hydrogen) atoms. The van der Waals surface area contributed by atoms with Gasteiger partial charge >= 0.3 is 0 Å². The maximum atomic E-state index is 5.35. The molecule has 2 heteroatoms. The van der Waals surface area contributed by atoms with Crippen LogP contribution in [0.1, 0.15) is 24.0 Å². The van der Waals surface area contributed by atoms with Crippen molar-refractivity contribution in [2.75, 3.05) is 13.7 Å². The molecule has 1 atom stereocenters. The van der Waals surface area contributed by atoms with Crippen molar-refractivity contribution in [3.8, 4) is 5.75 Å². The molecule has 0 aromatic heterocycles. The highest BCUT2D eigenvalue weighted by molar-refractivity contribution is 5.33. The Morgan fingerprint density at radius 3 is 2.42 bits per heavy atom. The van der Waals surface area contributed by atoms with Crippen molar-refractivity contribution < 1.29 is 4.74 Å². The minimum absolute atomic E-state index is 0.510. The van der Waals surface area contributed by atoms with Crippen LogP contribution in [-0.2, 0) is 6.54 Å². The van der Waals surface area contributed by atoms with Gasteiger partial charge in [-0.05, 0) is 17.5 Å². The Morgan fingerprint density at radius 1 is 1.00 bits per heavy atom. The van der Waals surface area contributed by atoms with Gasteiger partial charge in [-0.3, -0.25) is 0 Å². The molecule has 2 aromatic carbocycles. The van der Waals surface area contributed by atoms with Gasteiger partial charge in [-0.25, -0.2) is 0 Å². The van der Waals surface area contributed by atoms with Crippen molar-refractivity contribution in [3.05, 3.63) is 65.7 Å². The van der Waals surface area contributed by atoms with E-state index in [1.165, 1.54) is 11.1 Å². The van der Waals surface area contributed by atoms with Crippen LogP contribution in [0.4, 0.5) is 0 Å². The van der Waals surface area contributed by atoms with Gasteiger partial charge in [0.1, 0.15) is 5.75 Å². The lowest BCUT2D eigenvalue weighted by molar-refractivity contribution is 0.407. The SMILES string of the molecule is COc1ccccc1CNC[C@H](C)c1ccccc1. The summed E-state index contributed by atoms with van der Waals surface area (Å²) in [5.41, 5.74) is 2.57. The summed E-state index contributed by atoms with van der Waals surface area (Å²) in [6.45, 7) is 4.04. The zero-order chi connectivity index (χ0) is 13.5. The van der Waals surface area contributed by atoms with Gasteiger partial charge in [0.25, 0.3) is 0 Å². The van der Waals surface area contributed by atoms with Crippen molar-refractivity contribution >= 4 is 0 Å². The summed E-state index contributed by atoms with van der Waals surface area (Å²) in [6.07, 6.45) is 0. The molecule has 0 saturated heterocycles. The first-order valence-corrected chi connectivity index (χ1v) is 6.69. The molecule has 0 aliphatic rings. The first-order chi connectivity index (χ1) is 9.31. The molecule has 0 fully saturated rings. The van der Waals surface area contributed by atoms with Crippen LogP contribution >= 0.6 is 0 Å². The number of para-hydroxylation sites is 1. The lowest BCUT2D eigenvalue weighted by atomic mass is 10.0. The fraction of sp³-hybridized carbons (Fsp3) is 0.294. The first-order valence-electron chi connectivity index (χ1n) is 6.69. The second-order valence-corrected chi connectivity index (χ2v) is 4.75. The van der Waals surface area contributed by atoms with E-state index in [-0.39, 0.29) is 0 Å². The first kappa shape index (κ1) is 13.6. The predicted molar refractivity (Wildman–Crippen MR) is 79.6 cm³/mol. The van der Waals surface area contributed by atoms with Crippen LogP contribution in [0.15, 0.2) is 54.6 Å². The van der Waals surface area contributed by atoms with E-state index >= 15 is 0 Å². The Balaban J connectivity index is 1.87. The Morgan fingerprint density at radius 2 is 1.68 bits per heavy atom. The summed E-state index contributed by atoms with van der Waals surface area (Å²) in [5, 5.41) is 3.49. The normalized spacial score (nSPS) is 12.1. The van der Waals surface area contributed by atoms with E-state index in [4.69, 9.17) is 4.74 Å². The molecule has 0 aliphatic heterocycles. The molecule has 100 valence electrons. The Kier molecular flexibility index (Phi) is 4.99. The Bertz CT molecular complexity index is 496. The van der Waals surface area contributed by atoms with E-state index in [0.717, 1.165) is 18.8 Å². The number of benzene rings is 2. The van der Waals surface area contributed by atoms with Crippen LogP contribution in [-0.4, -0.2) is 13.7 Å². The molecule has 0 aliphatic carbocycles. The summed E-state index contributed by atoms with van der Waals surface area (Å²) in [6, 6.07) is 18.7. The third kappa shape index (κ3) is 3.83. The van der Waals surface area contributed by atoms with Crippen LogP contribution in [0.5, 0.6) is 5.75 Å². The topological polar surface area (TPSA) is 21.3 Å². The zero-order valence-electron chi connectivity index (χ0n) is 11.6. The highest BCUT2D eigenvalue weighted by Gasteiger charge is 2.05. The minimum Gasteiger partial charge on any atom is -0.496 e. The van der Waals surface area contributed by atoms with Crippen LogP contribution in [0.3, 0.4) is 0 Å². The van der Waals surface area contributed by atoms with Gasteiger partial charge in [0.2, 0.25) is 0 Å². The van der Waals surface area contributed by atoms with E-state index < -0.39 is 0 Å². The van der Waals surface area contributed by atoms with Gasteiger partial charge in [0.05, 0.1) is 7.11 Å². The molecular weight excluding hydrogens is 234 g/mol. The number of ether oxygens (including phenoxy) is 1. The molecule has 0 saturated carbocycles. The van der Waals surface area contributed by atoms with E-state index in [0.29, 0.717) is 5.92 Å². The maximum Gasteiger partial charge on any atom is 0.123 e. The summed E-state index contributed by atoms with van der Waals surface area (Å²) >= 11 is 0. The number of methoxy groups -OCH3 is 1. The standard InChI is InChI=1S/C17H21NO/c1-14(15-8-4-3-5-9-15)12-18-13-16-10-6-7-11-17(16)19-2/h3-11,14,18H,12-13H2,1-2H3/t14-/m0/s1. The van der Waals surface area contributed by atoms with Gasteiger partial charge in [-0.2, -0.15) is 0 Å². The van der Waals surface area contributed by atoms with Crippen LogP contribution in [0.2, 0.25) is 0 Å². The largest absolute Gasteiger partial charge is 0.496 e. The molecule has 1 N–H and O–H groups in total. The van der Waals surface area contributed by atoms with Gasteiger partial charge < -0.3 is 10.1 Å².